The van der Waals surface area contributed by atoms with Crippen molar-refractivity contribution in [3.8, 4) is 0 Å². The zero-order valence-electron chi connectivity index (χ0n) is 12.9. The largest absolute Gasteiger partial charge is 0.227 e. The molecule has 1 aromatic rings. The van der Waals surface area contributed by atoms with Crippen molar-refractivity contribution in [1.29, 1.82) is 0 Å². The van der Waals surface area contributed by atoms with Crippen molar-refractivity contribution >= 4 is 66.4 Å². The van der Waals surface area contributed by atoms with Gasteiger partial charge in [-0.1, -0.05) is 23.8 Å². The summed E-state index contributed by atoms with van der Waals surface area (Å²) in [6, 6.07) is 3.29. The van der Waals surface area contributed by atoms with E-state index in [1.54, 1.807) is 11.8 Å². The highest BCUT2D eigenvalue weighted by molar-refractivity contribution is 8.24. The number of hydrogen-bond acceptors (Lipinski definition) is 6. The van der Waals surface area contributed by atoms with Gasteiger partial charge in [-0.2, -0.15) is 0 Å². The number of sulfone groups is 2. The highest BCUT2D eigenvalue weighted by atomic mass is 35.5. The van der Waals surface area contributed by atoms with Crippen molar-refractivity contribution < 1.29 is 21.2 Å². The number of hydrogen-bond donors (Lipinski definition) is 0. The molecule has 0 N–H and O–H groups in total. The highest BCUT2D eigenvalue weighted by Gasteiger charge is 2.79. The van der Waals surface area contributed by atoms with E-state index in [0.717, 1.165) is 18.4 Å². The molecule has 3 aliphatic rings. The minimum absolute atomic E-state index is 0.0221. The van der Waals surface area contributed by atoms with Crippen molar-refractivity contribution in [2.75, 3.05) is 12.5 Å². The smallest absolute Gasteiger partial charge is 0.175 e. The van der Waals surface area contributed by atoms with Crippen LogP contribution in [0.3, 0.4) is 0 Å². The first-order chi connectivity index (χ1) is 11.3. The van der Waals surface area contributed by atoms with Crippen molar-refractivity contribution in [2.24, 2.45) is 0 Å². The lowest BCUT2D eigenvalue weighted by Gasteiger charge is -2.13. The van der Waals surface area contributed by atoms with E-state index in [1.165, 1.54) is 24.1 Å². The molecule has 0 bridgehead atoms. The van der Waals surface area contributed by atoms with Crippen LogP contribution in [0.4, 0.5) is 4.39 Å². The summed E-state index contributed by atoms with van der Waals surface area (Å²) in [4.78, 5) is 0.0221. The summed E-state index contributed by atoms with van der Waals surface area (Å²) in [5, 5.41) is 0.221. The van der Waals surface area contributed by atoms with Crippen LogP contribution in [0.5, 0.6) is 0 Å². The van der Waals surface area contributed by atoms with Gasteiger partial charge in [-0.15, -0.1) is 35.1 Å². The third kappa shape index (κ3) is 3.48. The van der Waals surface area contributed by atoms with Gasteiger partial charge in [0.25, 0.3) is 0 Å². The molecule has 0 spiro atoms. The summed E-state index contributed by atoms with van der Waals surface area (Å²) < 4.78 is 56.4. The number of thioether (sulfide) groups is 2. The second-order valence-corrected chi connectivity index (χ2v) is 14.5. The lowest BCUT2D eigenvalue weighted by molar-refractivity contribution is 0.590. The van der Waals surface area contributed by atoms with Crippen LogP contribution in [0.25, 0.3) is 0 Å². The Balaban J connectivity index is 0.000000147. The van der Waals surface area contributed by atoms with Crippen LogP contribution in [0, 0.1) is 5.82 Å². The van der Waals surface area contributed by atoms with Gasteiger partial charge in [0.15, 0.2) is 19.7 Å². The first-order valence-corrected chi connectivity index (χ1v) is 13.2. The molecule has 0 aromatic heterocycles. The van der Waals surface area contributed by atoms with Gasteiger partial charge in [0.05, 0.1) is 20.4 Å². The third-order valence-corrected chi connectivity index (χ3v) is 12.3. The molecule has 2 saturated heterocycles. The van der Waals surface area contributed by atoms with E-state index in [9.17, 15) is 21.2 Å². The van der Waals surface area contributed by atoms with E-state index in [0.29, 0.717) is 5.25 Å². The van der Waals surface area contributed by atoms with Gasteiger partial charge >= 0.3 is 0 Å². The Kier molecular flexibility index (Phi) is 4.79. The normalized spacial score (nSPS) is 35.1. The number of halogens is 3. The Bertz CT molecular complexity index is 979. The van der Waals surface area contributed by atoms with Crippen LogP contribution in [-0.4, -0.2) is 48.1 Å². The first-order valence-electron chi connectivity index (χ1n) is 6.90. The maximum absolute atomic E-state index is 12.6. The predicted octanol–water partition coefficient (Wildman–Crippen LogP) is 3.35. The lowest BCUT2D eigenvalue weighted by Crippen LogP contribution is -2.32. The molecule has 4 atom stereocenters. The monoisotopic (exact) mass is 462 g/mol. The summed E-state index contributed by atoms with van der Waals surface area (Å²) in [7, 11) is -6.31. The molecular weight excluding hydrogens is 450 g/mol. The molecule has 0 radical (unpaired) electrons. The predicted molar refractivity (Wildman–Crippen MR) is 103 cm³/mol. The summed E-state index contributed by atoms with van der Waals surface area (Å²) in [6.45, 7) is 0. The van der Waals surface area contributed by atoms with Crippen LogP contribution in [0.1, 0.15) is 0 Å². The van der Waals surface area contributed by atoms with E-state index in [2.05, 4.69) is 0 Å². The van der Waals surface area contributed by atoms with E-state index >= 15 is 0 Å². The van der Waals surface area contributed by atoms with Crippen molar-refractivity contribution in [3.05, 3.63) is 41.2 Å². The Morgan fingerprint density at radius 1 is 1.16 bits per heavy atom. The number of benzene rings is 1. The summed E-state index contributed by atoms with van der Waals surface area (Å²) in [6.07, 6.45) is 6.09. The summed E-state index contributed by atoms with van der Waals surface area (Å²) in [5.41, 5.74) is 0. The van der Waals surface area contributed by atoms with Crippen molar-refractivity contribution in [2.45, 2.75) is 23.7 Å². The Hall–Kier alpha value is 0.0700. The van der Waals surface area contributed by atoms with Crippen LogP contribution in [-0.2, 0) is 19.7 Å². The molecule has 138 valence electrons. The average molecular weight is 463 g/mol. The van der Waals surface area contributed by atoms with E-state index in [4.69, 9.17) is 23.2 Å². The fourth-order valence-electron chi connectivity index (χ4n) is 2.51. The van der Waals surface area contributed by atoms with Gasteiger partial charge in [-0.05, 0) is 18.2 Å². The minimum Gasteiger partial charge on any atom is -0.227 e. The lowest BCUT2D eigenvalue weighted by atomic mass is 10.1. The Morgan fingerprint density at radius 2 is 1.80 bits per heavy atom. The van der Waals surface area contributed by atoms with Gasteiger partial charge in [-0.25, -0.2) is 21.2 Å². The molecular formula is C14H13Cl2FO4S4. The van der Waals surface area contributed by atoms with Gasteiger partial charge < -0.3 is 0 Å². The molecule has 0 amide bonds. The molecule has 1 aliphatic carbocycles. The molecule has 25 heavy (non-hydrogen) atoms. The molecule has 2 heterocycles. The molecule has 2 aliphatic heterocycles. The van der Waals surface area contributed by atoms with Gasteiger partial charge in [0, 0.05) is 12.5 Å². The first kappa shape index (κ1) is 19.8. The quantitative estimate of drug-likeness (QED) is 0.290. The number of rotatable bonds is 2. The van der Waals surface area contributed by atoms with Crippen molar-refractivity contribution in [3.63, 3.8) is 0 Å². The average Bonchev–Trinajstić information content (AvgIpc) is 3.32. The highest BCUT2D eigenvalue weighted by Crippen LogP contribution is 2.78. The van der Waals surface area contributed by atoms with Crippen LogP contribution < -0.4 is 0 Å². The molecule has 1 aromatic carbocycles. The molecule has 4 nitrogen and oxygen atoms in total. The third-order valence-electron chi connectivity index (χ3n) is 4.01. The Labute approximate surface area is 164 Å². The molecule has 11 heteroatoms. The Morgan fingerprint density at radius 3 is 2.32 bits per heavy atom. The fraction of sp³-hybridized carbons (Fsp3) is 0.429. The summed E-state index contributed by atoms with van der Waals surface area (Å²) in [5.74, 6) is -0.621. The zero-order chi connectivity index (χ0) is 18.8. The number of alkyl halides is 1. The fourth-order valence-corrected chi connectivity index (χ4v) is 9.19. The van der Waals surface area contributed by atoms with Gasteiger partial charge in [0.1, 0.15) is 14.1 Å². The van der Waals surface area contributed by atoms with Crippen LogP contribution in [0.15, 0.2) is 35.2 Å². The summed E-state index contributed by atoms with van der Waals surface area (Å²) >= 11 is 14.8. The zero-order valence-corrected chi connectivity index (χ0v) is 17.7. The second-order valence-electron chi connectivity index (χ2n) is 5.93. The van der Waals surface area contributed by atoms with Crippen LogP contribution in [0.2, 0.25) is 5.02 Å². The molecule has 4 rings (SSSR count). The maximum atomic E-state index is 12.6. The SMILES string of the molecule is CS(=O)(=O)C12C=CC3SC3(Cl)C1S2.CS(=O)(=O)c1ccc(F)c(Cl)c1. The molecule has 4 unspecified atom stereocenters. The van der Waals surface area contributed by atoms with Gasteiger partial charge in [-0.3, -0.25) is 0 Å². The van der Waals surface area contributed by atoms with E-state index in [-0.39, 0.29) is 19.4 Å². The van der Waals surface area contributed by atoms with Crippen LogP contribution >= 0.6 is 46.7 Å². The maximum Gasteiger partial charge on any atom is 0.175 e. The standard InChI is InChI=1S/C7H6ClFO2S.C7H7ClO2S3/c1-12(10,11)5-2-3-7(9)6(8)4-5;1-13(9,10)6-3-2-4-7(8,11-4)5(6)12-6/h2-4H,1H3;2-5H,1H3. The second kappa shape index (κ2) is 6.04. The molecule has 0 saturated carbocycles. The molecule has 2 fully saturated rings. The van der Waals surface area contributed by atoms with E-state index < -0.39 is 29.6 Å². The van der Waals surface area contributed by atoms with Gasteiger partial charge in [0.2, 0.25) is 0 Å². The topological polar surface area (TPSA) is 68.3 Å². The van der Waals surface area contributed by atoms with Crippen molar-refractivity contribution in [1.82, 2.24) is 0 Å². The van der Waals surface area contributed by atoms with E-state index in [1.807, 2.05) is 12.2 Å². The minimum atomic E-state index is -3.29. The number of fused-ring (bicyclic) bond motifs is 3.